The highest BCUT2D eigenvalue weighted by atomic mass is 16.6. The molecule has 3 N–H and O–H groups in total. The molecule has 2 heterocycles. The van der Waals surface area contributed by atoms with Gasteiger partial charge in [-0.25, -0.2) is 4.98 Å². The van der Waals surface area contributed by atoms with E-state index in [0.29, 0.717) is 36.0 Å². The number of nitrogens with one attached hydrogen (secondary N) is 1. The molecule has 22 heavy (non-hydrogen) atoms. The van der Waals surface area contributed by atoms with E-state index in [9.17, 15) is 4.79 Å². The fraction of sp³-hybridized carbons (Fsp3) is 0.250. The molecule has 0 bridgehead atoms. The van der Waals surface area contributed by atoms with Crippen molar-refractivity contribution >= 4 is 17.4 Å². The van der Waals surface area contributed by atoms with Gasteiger partial charge in [-0.1, -0.05) is 0 Å². The number of anilines is 2. The van der Waals surface area contributed by atoms with E-state index < -0.39 is 0 Å². The van der Waals surface area contributed by atoms with E-state index in [1.165, 1.54) is 0 Å². The zero-order valence-electron chi connectivity index (χ0n) is 12.5. The van der Waals surface area contributed by atoms with Gasteiger partial charge in [0.05, 0.1) is 5.56 Å². The maximum atomic E-state index is 12.4. The van der Waals surface area contributed by atoms with Crippen LogP contribution in [0.25, 0.3) is 0 Å². The van der Waals surface area contributed by atoms with E-state index in [1.54, 1.807) is 24.3 Å². The predicted molar refractivity (Wildman–Crippen MR) is 83.5 cm³/mol. The fourth-order valence-corrected chi connectivity index (χ4v) is 2.23. The van der Waals surface area contributed by atoms with Gasteiger partial charge in [-0.15, -0.1) is 0 Å². The van der Waals surface area contributed by atoms with E-state index in [4.69, 9.17) is 15.2 Å². The number of fused-ring (bicyclic) bond motifs is 1. The SMILES string of the molecule is Cc1cc(C(=O)Nc2ccc3c(c2)OCCO3)c(N)nc1C. The number of ether oxygens (including phenoxy) is 2. The molecule has 0 spiro atoms. The number of amides is 1. The second-order valence-electron chi connectivity index (χ2n) is 5.14. The maximum absolute atomic E-state index is 12.4. The molecule has 0 radical (unpaired) electrons. The van der Waals surface area contributed by atoms with Crippen molar-refractivity contribution in [2.24, 2.45) is 0 Å². The van der Waals surface area contributed by atoms with Crippen molar-refractivity contribution in [2.75, 3.05) is 24.3 Å². The number of hydrogen-bond acceptors (Lipinski definition) is 5. The van der Waals surface area contributed by atoms with Crippen LogP contribution in [0.2, 0.25) is 0 Å². The van der Waals surface area contributed by atoms with Gasteiger partial charge in [0.1, 0.15) is 19.0 Å². The molecule has 0 aliphatic carbocycles. The Morgan fingerprint density at radius 2 is 1.91 bits per heavy atom. The molecule has 1 aliphatic heterocycles. The molecule has 1 aliphatic rings. The molecule has 1 aromatic heterocycles. The summed E-state index contributed by atoms with van der Waals surface area (Å²) in [5.74, 6) is 1.22. The number of carbonyl (C=O) groups excluding carboxylic acids is 1. The Morgan fingerprint density at radius 1 is 1.18 bits per heavy atom. The van der Waals surface area contributed by atoms with Crippen LogP contribution in [-0.4, -0.2) is 24.1 Å². The van der Waals surface area contributed by atoms with Crippen LogP contribution < -0.4 is 20.5 Å². The molecule has 0 unspecified atom stereocenters. The zero-order valence-corrected chi connectivity index (χ0v) is 12.5. The number of nitrogens with two attached hydrogens (primary N) is 1. The van der Waals surface area contributed by atoms with Crippen molar-refractivity contribution in [1.29, 1.82) is 0 Å². The van der Waals surface area contributed by atoms with Crippen LogP contribution in [0.3, 0.4) is 0 Å². The molecular formula is C16H17N3O3. The third-order valence-corrected chi connectivity index (χ3v) is 3.54. The molecule has 0 atom stereocenters. The molecule has 3 rings (SSSR count). The molecule has 114 valence electrons. The molecule has 0 saturated carbocycles. The first-order valence-corrected chi connectivity index (χ1v) is 6.99. The number of pyridine rings is 1. The van der Waals surface area contributed by atoms with Gasteiger partial charge in [-0.3, -0.25) is 4.79 Å². The number of aryl methyl sites for hydroxylation is 2. The van der Waals surface area contributed by atoms with Crippen LogP contribution >= 0.6 is 0 Å². The summed E-state index contributed by atoms with van der Waals surface area (Å²) in [4.78, 5) is 16.5. The van der Waals surface area contributed by atoms with Crippen LogP contribution in [0, 0.1) is 13.8 Å². The first-order chi connectivity index (χ1) is 10.5. The van der Waals surface area contributed by atoms with E-state index >= 15 is 0 Å². The quantitative estimate of drug-likeness (QED) is 0.888. The summed E-state index contributed by atoms with van der Waals surface area (Å²) in [5.41, 5.74) is 8.55. The molecule has 6 heteroatoms. The standard InChI is InChI=1S/C16H17N3O3/c1-9-7-12(15(17)18-10(9)2)16(20)19-11-3-4-13-14(8-11)22-6-5-21-13/h3-4,7-8H,5-6H2,1-2H3,(H2,17,18)(H,19,20). The second kappa shape index (κ2) is 5.55. The Bertz CT molecular complexity index is 744. The van der Waals surface area contributed by atoms with Crippen molar-refractivity contribution in [1.82, 2.24) is 4.98 Å². The van der Waals surface area contributed by atoms with Gasteiger partial charge in [0.15, 0.2) is 11.5 Å². The summed E-state index contributed by atoms with van der Waals surface area (Å²) in [6.45, 7) is 4.78. The average Bonchev–Trinajstić information content (AvgIpc) is 2.50. The zero-order chi connectivity index (χ0) is 15.7. The monoisotopic (exact) mass is 299 g/mol. The highest BCUT2D eigenvalue weighted by molar-refractivity contribution is 6.07. The van der Waals surface area contributed by atoms with Crippen LogP contribution in [0.4, 0.5) is 11.5 Å². The Kier molecular flexibility index (Phi) is 3.58. The van der Waals surface area contributed by atoms with Crippen LogP contribution in [0.15, 0.2) is 24.3 Å². The predicted octanol–water partition coefficient (Wildman–Crippen LogP) is 2.30. The van der Waals surface area contributed by atoms with Crippen LogP contribution in [0.1, 0.15) is 21.6 Å². The van der Waals surface area contributed by atoms with Crippen molar-refractivity contribution < 1.29 is 14.3 Å². The minimum Gasteiger partial charge on any atom is -0.486 e. The summed E-state index contributed by atoms with van der Waals surface area (Å²) in [5, 5.41) is 2.80. The number of rotatable bonds is 2. The Hall–Kier alpha value is -2.76. The molecule has 0 saturated heterocycles. The van der Waals surface area contributed by atoms with Gasteiger partial charge in [0.2, 0.25) is 0 Å². The highest BCUT2D eigenvalue weighted by Crippen LogP contribution is 2.32. The third kappa shape index (κ3) is 2.67. The summed E-state index contributed by atoms with van der Waals surface area (Å²) in [7, 11) is 0. The van der Waals surface area contributed by atoms with E-state index in [2.05, 4.69) is 10.3 Å². The van der Waals surface area contributed by atoms with Gasteiger partial charge < -0.3 is 20.5 Å². The van der Waals surface area contributed by atoms with Crippen molar-refractivity contribution in [3.63, 3.8) is 0 Å². The number of hydrogen-bond donors (Lipinski definition) is 2. The summed E-state index contributed by atoms with van der Waals surface area (Å²) < 4.78 is 10.9. The number of nitrogens with zero attached hydrogens (tertiary/aromatic N) is 1. The minimum absolute atomic E-state index is 0.221. The maximum Gasteiger partial charge on any atom is 0.259 e. The number of carbonyl (C=O) groups is 1. The van der Waals surface area contributed by atoms with Gasteiger partial charge >= 0.3 is 0 Å². The Labute approximate surface area is 128 Å². The largest absolute Gasteiger partial charge is 0.486 e. The summed E-state index contributed by atoms with van der Waals surface area (Å²) in [6, 6.07) is 7.00. The van der Waals surface area contributed by atoms with Gasteiger partial charge in [-0.05, 0) is 37.6 Å². The van der Waals surface area contributed by atoms with Gasteiger partial charge in [-0.2, -0.15) is 0 Å². The number of nitrogen functional groups attached to an aromatic ring is 1. The third-order valence-electron chi connectivity index (χ3n) is 3.54. The molecule has 2 aromatic rings. The lowest BCUT2D eigenvalue weighted by Gasteiger charge is -2.19. The molecule has 0 fully saturated rings. The smallest absolute Gasteiger partial charge is 0.259 e. The molecule has 1 aromatic carbocycles. The van der Waals surface area contributed by atoms with Crippen LogP contribution in [-0.2, 0) is 0 Å². The Balaban J connectivity index is 1.84. The molecule has 1 amide bonds. The van der Waals surface area contributed by atoms with E-state index in [1.807, 2.05) is 13.8 Å². The lowest BCUT2D eigenvalue weighted by molar-refractivity contribution is 0.102. The van der Waals surface area contributed by atoms with Gasteiger partial charge in [0.25, 0.3) is 5.91 Å². The summed E-state index contributed by atoms with van der Waals surface area (Å²) in [6.07, 6.45) is 0. The van der Waals surface area contributed by atoms with Crippen molar-refractivity contribution in [3.05, 3.63) is 41.1 Å². The van der Waals surface area contributed by atoms with E-state index in [-0.39, 0.29) is 11.7 Å². The van der Waals surface area contributed by atoms with E-state index in [0.717, 1.165) is 11.3 Å². The number of benzene rings is 1. The topological polar surface area (TPSA) is 86.5 Å². The highest BCUT2D eigenvalue weighted by Gasteiger charge is 2.16. The van der Waals surface area contributed by atoms with Crippen molar-refractivity contribution in [2.45, 2.75) is 13.8 Å². The second-order valence-corrected chi connectivity index (χ2v) is 5.14. The Morgan fingerprint density at radius 3 is 2.68 bits per heavy atom. The molecular weight excluding hydrogens is 282 g/mol. The first-order valence-electron chi connectivity index (χ1n) is 6.99. The minimum atomic E-state index is -0.301. The van der Waals surface area contributed by atoms with Crippen molar-refractivity contribution in [3.8, 4) is 11.5 Å². The summed E-state index contributed by atoms with van der Waals surface area (Å²) >= 11 is 0. The number of aromatic nitrogens is 1. The van der Waals surface area contributed by atoms with Gasteiger partial charge in [0, 0.05) is 17.4 Å². The lowest BCUT2D eigenvalue weighted by atomic mass is 10.1. The average molecular weight is 299 g/mol. The molecule has 6 nitrogen and oxygen atoms in total. The fourth-order valence-electron chi connectivity index (χ4n) is 2.23. The normalized spacial score (nSPS) is 12.8. The van der Waals surface area contributed by atoms with Crippen LogP contribution in [0.5, 0.6) is 11.5 Å². The lowest BCUT2D eigenvalue weighted by Crippen LogP contribution is -2.17. The first kappa shape index (κ1) is 14.2.